The van der Waals surface area contributed by atoms with Crippen LogP contribution in [-0.2, 0) is 6.42 Å². The van der Waals surface area contributed by atoms with Crippen LogP contribution in [0.25, 0.3) is 0 Å². The van der Waals surface area contributed by atoms with Crippen molar-refractivity contribution in [2.75, 3.05) is 14.2 Å². The summed E-state index contributed by atoms with van der Waals surface area (Å²) in [5.41, 5.74) is 3.84. The van der Waals surface area contributed by atoms with Gasteiger partial charge in [0.1, 0.15) is 0 Å². The van der Waals surface area contributed by atoms with Crippen molar-refractivity contribution in [1.82, 2.24) is 10.3 Å². The number of aromatic nitrogens is 1. The van der Waals surface area contributed by atoms with E-state index in [1.807, 2.05) is 19.3 Å². The molecule has 0 amide bonds. The summed E-state index contributed by atoms with van der Waals surface area (Å²) in [5, 5.41) is 3.38. The number of aryl methyl sites for hydroxylation is 1. The quantitative estimate of drug-likeness (QED) is 0.893. The third-order valence-electron chi connectivity index (χ3n) is 3.36. The molecular formula is C16H20N2O. The van der Waals surface area contributed by atoms with Crippen LogP contribution in [0.2, 0.25) is 0 Å². The Hall–Kier alpha value is -1.87. The van der Waals surface area contributed by atoms with Gasteiger partial charge in [-0.05, 0) is 37.1 Å². The van der Waals surface area contributed by atoms with Crippen molar-refractivity contribution >= 4 is 0 Å². The molecule has 0 saturated carbocycles. The second-order valence-electron chi connectivity index (χ2n) is 4.61. The molecule has 3 nitrogen and oxygen atoms in total. The number of hydrogen-bond donors (Lipinski definition) is 1. The Morgan fingerprint density at radius 2 is 2.00 bits per heavy atom. The van der Waals surface area contributed by atoms with Gasteiger partial charge in [-0.3, -0.25) is 0 Å². The van der Waals surface area contributed by atoms with Crippen LogP contribution < -0.4 is 10.1 Å². The van der Waals surface area contributed by atoms with Crippen LogP contribution in [0.3, 0.4) is 0 Å². The molecule has 1 aromatic carbocycles. The molecule has 3 heteroatoms. The van der Waals surface area contributed by atoms with Crippen LogP contribution in [0, 0.1) is 6.92 Å². The largest absolute Gasteiger partial charge is 0.481 e. The van der Waals surface area contributed by atoms with E-state index in [0.29, 0.717) is 11.9 Å². The van der Waals surface area contributed by atoms with Crippen molar-refractivity contribution in [3.8, 4) is 5.88 Å². The fourth-order valence-corrected chi connectivity index (χ4v) is 2.23. The second-order valence-corrected chi connectivity index (χ2v) is 4.61. The van der Waals surface area contributed by atoms with Gasteiger partial charge < -0.3 is 10.1 Å². The average Bonchev–Trinajstić information content (AvgIpc) is 2.46. The van der Waals surface area contributed by atoms with E-state index in [1.165, 1.54) is 16.7 Å². The Balaban J connectivity index is 2.17. The number of nitrogens with one attached hydrogen (secondary N) is 1. The lowest BCUT2D eigenvalue weighted by Gasteiger charge is -2.18. The van der Waals surface area contributed by atoms with Gasteiger partial charge in [0.25, 0.3) is 0 Å². The van der Waals surface area contributed by atoms with Gasteiger partial charge in [-0.25, -0.2) is 4.98 Å². The maximum Gasteiger partial charge on any atom is 0.212 e. The number of ether oxygens (including phenoxy) is 1. The van der Waals surface area contributed by atoms with E-state index >= 15 is 0 Å². The van der Waals surface area contributed by atoms with Crippen molar-refractivity contribution in [3.63, 3.8) is 0 Å². The number of pyridine rings is 1. The van der Waals surface area contributed by atoms with Gasteiger partial charge in [0.15, 0.2) is 0 Å². The van der Waals surface area contributed by atoms with Crippen LogP contribution in [0.15, 0.2) is 42.6 Å². The SMILES string of the molecule is CNC(Cc1ccc(OC)nc1)c1ccccc1C. The molecule has 1 atom stereocenters. The molecule has 1 aromatic heterocycles. The van der Waals surface area contributed by atoms with E-state index in [9.17, 15) is 0 Å². The maximum atomic E-state index is 5.08. The van der Waals surface area contributed by atoms with Gasteiger partial charge in [-0.1, -0.05) is 30.3 Å². The highest BCUT2D eigenvalue weighted by Crippen LogP contribution is 2.21. The van der Waals surface area contributed by atoms with Crippen LogP contribution in [0.5, 0.6) is 5.88 Å². The lowest BCUT2D eigenvalue weighted by atomic mass is 9.96. The standard InChI is InChI=1S/C16H20N2O/c1-12-6-4-5-7-14(12)15(17-2)10-13-8-9-16(19-3)18-11-13/h4-9,11,15,17H,10H2,1-3H3. The zero-order chi connectivity index (χ0) is 13.7. The first kappa shape index (κ1) is 13.6. The van der Waals surface area contributed by atoms with Gasteiger partial charge in [0.2, 0.25) is 5.88 Å². The first-order valence-corrected chi connectivity index (χ1v) is 6.46. The van der Waals surface area contributed by atoms with Crippen LogP contribution in [0.4, 0.5) is 0 Å². The first-order valence-electron chi connectivity index (χ1n) is 6.46. The number of benzene rings is 1. The highest BCUT2D eigenvalue weighted by atomic mass is 16.5. The third-order valence-corrected chi connectivity index (χ3v) is 3.36. The minimum atomic E-state index is 0.302. The smallest absolute Gasteiger partial charge is 0.212 e. The highest BCUT2D eigenvalue weighted by Gasteiger charge is 2.12. The Bertz CT molecular complexity index is 523. The van der Waals surface area contributed by atoms with Crippen molar-refractivity contribution < 1.29 is 4.74 Å². The summed E-state index contributed by atoms with van der Waals surface area (Å²) in [6.07, 6.45) is 2.79. The average molecular weight is 256 g/mol. The normalized spacial score (nSPS) is 12.2. The predicted molar refractivity (Wildman–Crippen MR) is 77.5 cm³/mol. The Morgan fingerprint density at radius 1 is 1.21 bits per heavy atom. The summed E-state index contributed by atoms with van der Waals surface area (Å²) >= 11 is 0. The molecule has 0 aliphatic rings. The van der Waals surface area contributed by atoms with E-state index in [0.717, 1.165) is 6.42 Å². The van der Waals surface area contributed by atoms with Crippen LogP contribution in [-0.4, -0.2) is 19.1 Å². The van der Waals surface area contributed by atoms with Gasteiger partial charge >= 0.3 is 0 Å². The van der Waals surface area contributed by atoms with E-state index in [2.05, 4.69) is 47.6 Å². The van der Waals surface area contributed by atoms with Crippen molar-refractivity contribution in [3.05, 3.63) is 59.3 Å². The van der Waals surface area contributed by atoms with E-state index in [-0.39, 0.29) is 0 Å². The molecule has 0 saturated heterocycles. The molecule has 0 aliphatic heterocycles. The third kappa shape index (κ3) is 3.32. The molecule has 1 heterocycles. The van der Waals surface area contributed by atoms with Gasteiger partial charge in [-0.2, -0.15) is 0 Å². The molecule has 2 aromatic rings. The molecule has 0 aliphatic carbocycles. The maximum absolute atomic E-state index is 5.08. The van der Waals surface area contributed by atoms with Crippen molar-refractivity contribution in [2.45, 2.75) is 19.4 Å². The lowest BCUT2D eigenvalue weighted by molar-refractivity contribution is 0.397. The monoisotopic (exact) mass is 256 g/mol. The molecule has 0 spiro atoms. The number of nitrogens with zero attached hydrogens (tertiary/aromatic N) is 1. The van der Waals surface area contributed by atoms with E-state index in [4.69, 9.17) is 4.74 Å². The summed E-state index contributed by atoms with van der Waals surface area (Å²) in [6, 6.07) is 12.7. The molecule has 0 fully saturated rings. The second kappa shape index (κ2) is 6.34. The summed E-state index contributed by atoms with van der Waals surface area (Å²) in [4.78, 5) is 4.25. The summed E-state index contributed by atoms with van der Waals surface area (Å²) in [6.45, 7) is 2.14. The minimum absolute atomic E-state index is 0.302. The molecule has 100 valence electrons. The number of rotatable bonds is 5. The Morgan fingerprint density at radius 3 is 2.58 bits per heavy atom. The fraction of sp³-hybridized carbons (Fsp3) is 0.312. The predicted octanol–water partition coefficient (Wildman–Crippen LogP) is 2.90. The number of methoxy groups -OCH3 is 1. The van der Waals surface area contributed by atoms with Gasteiger partial charge in [-0.15, -0.1) is 0 Å². The summed E-state index contributed by atoms with van der Waals surface area (Å²) in [5.74, 6) is 0.653. The van der Waals surface area contributed by atoms with E-state index < -0.39 is 0 Å². The molecular weight excluding hydrogens is 236 g/mol. The number of likely N-dealkylation sites (N-methyl/N-ethyl adjacent to an activating group) is 1. The Labute approximate surface area is 114 Å². The Kier molecular flexibility index (Phi) is 4.53. The van der Waals surface area contributed by atoms with Gasteiger partial charge in [0, 0.05) is 18.3 Å². The van der Waals surface area contributed by atoms with Crippen LogP contribution >= 0.6 is 0 Å². The lowest BCUT2D eigenvalue weighted by Crippen LogP contribution is -2.19. The molecule has 2 rings (SSSR count). The van der Waals surface area contributed by atoms with Crippen molar-refractivity contribution in [1.29, 1.82) is 0 Å². The molecule has 1 N–H and O–H groups in total. The van der Waals surface area contributed by atoms with Gasteiger partial charge in [0.05, 0.1) is 7.11 Å². The topological polar surface area (TPSA) is 34.1 Å². The molecule has 0 bridgehead atoms. The van der Waals surface area contributed by atoms with E-state index in [1.54, 1.807) is 7.11 Å². The molecule has 19 heavy (non-hydrogen) atoms. The fourth-order valence-electron chi connectivity index (χ4n) is 2.23. The minimum Gasteiger partial charge on any atom is -0.481 e. The zero-order valence-corrected chi connectivity index (χ0v) is 11.7. The number of hydrogen-bond acceptors (Lipinski definition) is 3. The molecule has 1 unspecified atom stereocenters. The summed E-state index contributed by atoms with van der Waals surface area (Å²) in [7, 11) is 3.62. The molecule has 0 radical (unpaired) electrons. The van der Waals surface area contributed by atoms with Crippen LogP contribution in [0.1, 0.15) is 22.7 Å². The highest BCUT2D eigenvalue weighted by molar-refractivity contribution is 5.30. The van der Waals surface area contributed by atoms with Crippen molar-refractivity contribution in [2.24, 2.45) is 0 Å². The zero-order valence-electron chi connectivity index (χ0n) is 11.7. The summed E-state index contributed by atoms with van der Waals surface area (Å²) < 4.78 is 5.08. The first-order chi connectivity index (χ1) is 9.24.